The molecule has 7 rings (SSSR count). The SMILES string of the molecule is N#Cc1ccc2oc3ccc(-c4ccccc4-n4c5ccccc5c5ccccc54)cc3c2c1. The van der Waals surface area contributed by atoms with E-state index in [1.54, 1.807) is 6.07 Å². The second-order valence-corrected chi connectivity index (χ2v) is 8.52. The van der Waals surface area contributed by atoms with Crippen molar-refractivity contribution in [1.82, 2.24) is 4.57 Å². The summed E-state index contributed by atoms with van der Waals surface area (Å²) in [4.78, 5) is 0. The molecule has 0 fully saturated rings. The molecule has 0 unspecified atom stereocenters. The fraction of sp³-hybridized carbons (Fsp3) is 0. The molecule has 0 N–H and O–H groups in total. The number of nitriles is 1. The minimum Gasteiger partial charge on any atom is -0.456 e. The van der Waals surface area contributed by atoms with E-state index >= 15 is 0 Å². The van der Waals surface area contributed by atoms with E-state index in [1.807, 2.05) is 18.2 Å². The van der Waals surface area contributed by atoms with Gasteiger partial charge in [-0.15, -0.1) is 0 Å². The van der Waals surface area contributed by atoms with Crippen LogP contribution in [0.1, 0.15) is 5.56 Å². The largest absolute Gasteiger partial charge is 0.456 e. The molecule has 3 nitrogen and oxygen atoms in total. The van der Waals surface area contributed by atoms with Crippen LogP contribution >= 0.6 is 0 Å². The fourth-order valence-electron chi connectivity index (χ4n) is 5.11. The van der Waals surface area contributed by atoms with Gasteiger partial charge >= 0.3 is 0 Å². The number of furan rings is 1. The Morgan fingerprint density at radius 3 is 1.94 bits per heavy atom. The highest BCUT2D eigenvalue weighted by Gasteiger charge is 2.16. The van der Waals surface area contributed by atoms with E-state index in [4.69, 9.17) is 4.42 Å². The predicted molar refractivity (Wildman–Crippen MR) is 138 cm³/mol. The van der Waals surface area contributed by atoms with Crippen molar-refractivity contribution in [2.75, 3.05) is 0 Å². The van der Waals surface area contributed by atoms with Crippen molar-refractivity contribution in [2.45, 2.75) is 0 Å². The van der Waals surface area contributed by atoms with Gasteiger partial charge in [0.2, 0.25) is 0 Å². The smallest absolute Gasteiger partial charge is 0.135 e. The highest BCUT2D eigenvalue weighted by Crippen LogP contribution is 2.38. The van der Waals surface area contributed by atoms with Crippen LogP contribution in [0.3, 0.4) is 0 Å². The molecule has 158 valence electrons. The number of hydrogen-bond donors (Lipinski definition) is 0. The molecule has 0 saturated carbocycles. The van der Waals surface area contributed by atoms with E-state index in [0.717, 1.165) is 38.8 Å². The summed E-state index contributed by atoms with van der Waals surface area (Å²) < 4.78 is 8.40. The number of aromatic nitrogens is 1. The lowest BCUT2D eigenvalue weighted by molar-refractivity contribution is 0.669. The summed E-state index contributed by atoms with van der Waals surface area (Å²) in [5.74, 6) is 0. The summed E-state index contributed by atoms with van der Waals surface area (Å²) in [7, 11) is 0. The third kappa shape index (κ3) is 2.63. The quantitative estimate of drug-likeness (QED) is 0.275. The number of para-hydroxylation sites is 3. The normalized spacial score (nSPS) is 11.5. The standard InChI is InChI=1S/C31H18N2O/c32-19-20-13-15-30-25(17-20)26-18-21(14-16-31(26)34-30)22-7-1-4-10-27(22)33-28-11-5-2-8-23(28)24-9-3-6-12-29(24)33/h1-18H. The molecule has 3 heteroatoms. The Morgan fingerprint density at radius 1 is 0.588 bits per heavy atom. The Labute approximate surface area is 195 Å². The van der Waals surface area contributed by atoms with Crippen LogP contribution in [0.2, 0.25) is 0 Å². The number of nitrogens with zero attached hydrogens (tertiary/aromatic N) is 2. The van der Waals surface area contributed by atoms with Crippen LogP contribution in [0, 0.1) is 11.3 Å². The third-order valence-corrected chi connectivity index (χ3v) is 6.63. The van der Waals surface area contributed by atoms with E-state index in [2.05, 4.69) is 95.6 Å². The molecule has 0 saturated heterocycles. The van der Waals surface area contributed by atoms with Crippen LogP contribution in [-0.4, -0.2) is 4.57 Å². The van der Waals surface area contributed by atoms with Crippen molar-refractivity contribution in [3.63, 3.8) is 0 Å². The van der Waals surface area contributed by atoms with E-state index in [-0.39, 0.29) is 0 Å². The number of hydrogen-bond acceptors (Lipinski definition) is 2. The molecule has 0 radical (unpaired) electrons. The van der Waals surface area contributed by atoms with Gasteiger partial charge in [-0.3, -0.25) is 0 Å². The molecule has 0 aliphatic carbocycles. The maximum absolute atomic E-state index is 9.37. The Bertz CT molecular complexity index is 1880. The zero-order valence-corrected chi connectivity index (χ0v) is 18.2. The monoisotopic (exact) mass is 434 g/mol. The molecule has 0 bridgehead atoms. The molecule has 0 amide bonds. The lowest BCUT2D eigenvalue weighted by Gasteiger charge is -2.14. The first-order valence-corrected chi connectivity index (χ1v) is 11.3. The number of fused-ring (bicyclic) bond motifs is 6. The molecule has 2 heterocycles. The summed E-state index contributed by atoms with van der Waals surface area (Å²) in [6.07, 6.45) is 0. The maximum atomic E-state index is 9.37. The summed E-state index contributed by atoms with van der Waals surface area (Å²) in [5, 5.41) is 13.8. The average Bonchev–Trinajstić information content (AvgIpc) is 3.43. The van der Waals surface area contributed by atoms with Crippen LogP contribution in [-0.2, 0) is 0 Å². The molecule has 34 heavy (non-hydrogen) atoms. The van der Waals surface area contributed by atoms with Gasteiger partial charge in [0.1, 0.15) is 11.2 Å². The van der Waals surface area contributed by atoms with E-state index < -0.39 is 0 Å². The van der Waals surface area contributed by atoms with Crippen LogP contribution in [0.4, 0.5) is 0 Å². The van der Waals surface area contributed by atoms with Gasteiger partial charge < -0.3 is 8.98 Å². The van der Waals surface area contributed by atoms with Gasteiger partial charge in [0.15, 0.2) is 0 Å². The zero-order valence-electron chi connectivity index (χ0n) is 18.2. The minimum absolute atomic E-state index is 0.631. The molecule has 0 atom stereocenters. The first-order valence-electron chi connectivity index (χ1n) is 11.3. The summed E-state index contributed by atoms with van der Waals surface area (Å²) in [6.45, 7) is 0. The van der Waals surface area contributed by atoms with Crippen molar-refractivity contribution in [2.24, 2.45) is 0 Å². The minimum atomic E-state index is 0.631. The van der Waals surface area contributed by atoms with Crippen LogP contribution in [0.15, 0.2) is 114 Å². The van der Waals surface area contributed by atoms with Gasteiger partial charge in [-0.2, -0.15) is 5.26 Å². The van der Waals surface area contributed by atoms with Crippen molar-refractivity contribution >= 4 is 43.7 Å². The first kappa shape index (κ1) is 18.7. The second kappa shape index (κ2) is 7.10. The summed E-state index contributed by atoms with van der Waals surface area (Å²) in [5.41, 5.74) is 7.99. The molecule has 5 aromatic carbocycles. The Kier molecular flexibility index (Phi) is 3.91. The van der Waals surface area contributed by atoms with Gasteiger partial charge in [0, 0.05) is 27.1 Å². The molecular weight excluding hydrogens is 416 g/mol. The number of rotatable bonds is 2. The molecule has 0 spiro atoms. The Morgan fingerprint density at radius 2 is 1.21 bits per heavy atom. The molecule has 0 aliphatic rings. The van der Waals surface area contributed by atoms with Crippen molar-refractivity contribution in [3.05, 3.63) is 115 Å². The van der Waals surface area contributed by atoms with E-state index in [0.29, 0.717) is 5.56 Å². The van der Waals surface area contributed by atoms with Crippen LogP contribution < -0.4 is 0 Å². The van der Waals surface area contributed by atoms with Crippen molar-refractivity contribution < 1.29 is 4.42 Å². The highest BCUT2D eigenvalue weighted by atomic mass is 16.3. The Hall–Kier alpha value is -4.81. The molecular formula is C31H18N2O. The topological polar surface area (TPSA) is 41.9 Å². The third-order valence-electron chi connectivity index (χ3n) is 6.63. The Balaban J connectivity index is 1.53. The lowest BCUT2D eigenvalue weighted by Crippen LogP contribution is -1.96. The van der Waals surface area contributed by atoms with Gasteiger partial charge in [0.05, 0.1) is 28.4 Å². The zero-order chi connectivity index (χ0) is 22.6. The predicted octanol–water partition coefficient (Wildman–Crippen LogP) is 8.22. The van der Waals surface area contributed by atoms with Crippen molar-refractivity contribution in [1.29, 1.82) is 5.26 Å². The molecule has 0 aliphatic heterocycles. The summed E-state index contributed by atoms with van der Waals surface area (Å²) >= 11 is 0. The fourth-order valence-corrected chi connectivity index (χ4v) is 5.11. The van der Waals surface area contributed by atoms with Crippen LogP contribution in [0.25, 0.3) is 60.6 Å². The lowest BCUT2D eigenvalue weighted by atomic mass is 10.0. The van der Waals surface area contributed by atoms with Gasteiger partial charge in [0.25, 0.3) is 0 Å². The van der Waals surface area contributed by atoms with Gasteiger partial charge in [-0.1, -0.05) is 60.7 Å². The highest BCUT2D eigenvalue weighted by molar-refractivity contribution is 6.10. The van der Waals surface area contributed by atoms with E-state index in [1.165, 1.54) is 21.8 Å². The van der Waals surface area contributed by atoms with Gasteiger partial charge in [-0.05, 0) is 54.1 Å². The van der Waals surface area contributed by atoms with Gasteiger partial charge in [-0.25, -0.2) is 0 Å². The number of benzene rings is 5. The molecule has 2 aromatic heterocycles. The van der Waals surface area contributed by atoms with E-state index in [9.17, 15) is 5.26 Å². The second-order valence-electron chi connectivity index (χ2n) is 8.52. The van der Waals surface area contributed by atoms with Crippen molar-refractivity contribution in [3.8, 4) is 22.9 Å². The average molecular weight is 434 g/mol. The first-order chi connectivity index (χ1) is 16.8. The summed E-state index contributed by atoms with van der Waals surface area (Å²) in [6, 6.07) is 39.8. The molecule has 7 aromatic rings. The maximum Gasteiger partial charge on any atom is 0.135 e. The van der Waals surface area contributed by atoms with Crippen LogP contribution in [0.5, 0.6) is 0 Å².